The molecular formula is C63H60BrClI3N7O6. The van der Waals surface area contributed by atoms with Gasteiger partial charge in [0, 0.05) is 62.0 Å². The maximum Gasteiger partial charge on any atom is 0.276 e. The van der Waals surface area contributed by atoms with Crippen molar-refractivity contribution in [1.82, 2.24) is 16.1 Å². The van der Waals surface area contributed by atoms with Gasteiger partial charge in [0.15, 0.2) is 0 Å². The summed E-state index contributed by atoms with van der Waals surface area (Å²) in [5.74, 6) is -0.737. The molecule has 8 aromatic rings. The van der Waals surface area contributed by atoms with Gasteiger partial charge in [0.1, 0.15) is 0 Å². The SMILES string of the molecule is Cc1cc(I)ccc1Nc1ccc(Br)cc1C(=O)NOCc1ccccc1.Cc1cc(I)ccc1Nc1ccc([N+](=O)[O-])cc1C(=O)NC1CCCCC1.Cc1cccc(CNC(=O)c2cc(Cl)ccc2Nc2ccc(I)cc2C)c1. The van der Waals surface area contributed by atoms with Crippen molar-refractivity contribution in [3.8, 4) is 0 Å². The maximum absolute atomic E-state index is 12.9. The Morgan fingerprint density at radius 2 is 1.07 bits per heavy atom. The third-order valence-corrected chi connectivity index (χ3v) is 15.7. The third kappa shape index (κ3) is 19.2. The number of nitrogens with zero attached hydrogens (tertiary/aromatic N) is 1. The van der Waals surface area contributed by atoms with Crippen LogP contribution in [0.1, 0.15) is 96.6 Å². The number of hydrogen-bond acceptors (Lipinski definition) is 9. The number of nitrogens with one attached hydrogen (secondary N) is 6. The van der Waals surface area contributed by atoms with E-state index in [4.69, 9.17) is 16.4 Å². The fraction of sp³-hybridized carbons (Fsp3) is 0.190. The van der Waals surface area contributed by atoms with Gasteiger partial charge in [-0.1, -0.05) is 107 Å². The number of carbonyl (C=O) groups excluding carboxylic acids is 3. The fourth-order valence-electron chi connectivity index (χ4n) is 8.73. The summed E-state index contributed by atoms with van der Waals surface area (Å²) >= 11 is 16.4. The molecule has 13 nitrogen and oxygen atoms in total. The molecule has 1 saturated carbocycles. The lowest BCUT2D eigenvalue weighted by Crippen LogP contribution is -2.36. The first-order valence-electron chi connectivity index (χ1n) is 26.0. The van der Waals surface area contributed by atoms with E-state index in [0.717, 1.165) is 84.3 Å². The monoisotopic (exact) mass is 1510 g/mol. The van der Waals surface area contributed by atoms with Crippen molar-refractivity contribution in [2.75, 3.05) is 16.0 Å². The molecular weight excluding hydrogens is 1450 g/mol. The van der Waals surface area contributed by atoms with E-state index in [1.54, 1.807) is 24.3 Å². The molecule has 1 fully saturated rings. The minimum Gasteiger partial charge on any atom is -0.355 e. The summed E-state index contributed by atoms with van der Waals surface area (Å²) in [7, 11) is 0. The predicted octanol–water partition coefficient (Wildman–Crippen LogP) is 17.5. The highest BCUT2D eigenvalue weighted by Gasteiger charge is 2.22. The summed E-state index contributed by atoms with van der Waals surface area (Å²) in [6, 6.07) is 51.3. The molecule has 0 saturated heterocycles. The van der Waals surface area contributed by atoms with Crippen LogP contribution in [0.25, 0.3) is 0 Å². The van der Waals surface area contributed by atoms with E-state index in [0.29, 0.717) is 46.2 Å². The van der Waals surface area contributed by atoms with Crippen LogP contribution in [0.15, 0.2) is 168 Å². The van der Waals surface area contributed by atoms with Crippen molar-refractivity contribution < 1.29 is 24.1 Å². The number of non-ortho nitro benzene ring substituents is 1. The molecule has 418 valence electrons. The van der Waals surface area contributed by atoms with Crippen LogP contribution in [0, 0.1) is 48.5 Å². The molecule has 0 aliphatic heterocycles. The number of nitro benzene ring substituents is 1. The zero-order valence-corrected chi connectivity index (χ0v) is 53.7. The first kappa shape index (κ1) is 62.5. The van der Waals surface area contributed by atoms with E-state index in [1.165, 1.54) is 31.3 Å². The summed E-state index contributed by atoms with van der Waals surface area (Å²) in [5, 5.41) is 27.7. The smallest absolute Gasteiger partial charge is 0.276 e. The Labute approximate surface area is 527 Å². The number of rotatable bonds is 16. The van der Waals surface area contributed by atoms with E-state index >= 15 is 0 Å². The summed E-state index contributed by atoms with van der Waals surface area (Å²) in [6.07, 6.45) is 5.32. The Kier molecular flexibility index (Phi) is 23.8. The van der Waals surface area contributed by atoms with Crippen molar-refractivity contribution >= 4 is 153 Å². The largest absolute Gasteiger partial charge is 0.355 e. The van der Waals surface area contributed by atoms with E-state index in [2.05, 4.69) is 134 Å². The molecule has 1 aliphatic rings. The number of benzene rings is 8. The van der Waals surface area contributed by atoms with Crippen molar-refractivity contribution in [1.29, 1.82) is 0 Å². The van der Waals surface area contributed by atoms with Crippen LogP contribution < -0.4 is 32.1 Å². The zero-order chi connectivity index (χ0) is 58.0. The van der Waals surface area contributed by atoms with Gasteiger partial charge in [0.2, 0.25) is 0 Å². The lowest BCUT2D eigenvalue weighted by molar-refractivity contribution is -0.384. The summed E-state index contributed by atoms with van der Waals surface area (Å²) < 4.78 is 4.27. The summed E-state index contributed by atoms with van der Waals surface area (Å²) in [5.41, 5.74) is 15.0. The lowest BCUT2D eigenvalue weighted by Gasteiger charge is -2.23. The molecule has 0 atom stereocenters. The first-order chi connectivity index (χ1) is 38.9. The van der Waals surface area contributed by atoms with Gasteiger partial charge in [-0.2, -0.15) is 0 Å². The van der Waals surface area contributed by atoms with Crippen LogP contribution in [0.4, 0.5) is 39.8 Å². The minimum absolute atomic E-state index is 0.0892. The van der Waals surface area contributed by atoms with E-state index in [1.807, 2.05) is 137 Å². The van der Waals surface area contributed by atoms with Gasteiger partial charge < -0.3 is 26.6 Å². The van der Waals surface area contributed by atoms with Gasteiger partial charge in [-0.15, -0.1) is 0 Å². The molecule has 0 spiro atoms. The zero-order valence-electron chi connectivity index (χ0n) is 44.9. The van der Waals surface area contributed by atoms with E-state index < -0.39 is 4.92 Å². The average Bonchev–Trinajstić information content (AvgIpc) is 3.44. The third-order valence-electron chi connectivity index (χ3n) is 13.0. The Bertz CT molecular complexity index is 3530. The van der Waals surface area contributed by atoms with Crippen molar-refractivity contribution in [2.24, 2.45) is 0 Å². The number of amides is 3. The van der Waals surface area contributed by atoms with Crippen molar-refractivity contribution in [3.05, 3.63) is 244 Å². The van der Waals surface area contributed by atoms with Gasteiger partial charge in [0.05, 0.1) is 45.3 Å². The lowest BCUT2D eigenvalue weighted by atomic mass is 9.95. The molecule has 9 rings (SSSR count). The molecule has 3 amide bonds. The highest BCUT2D eigenvalue weighted by atomic mass is 127. The number of anilines is 6. The summed E-state index contributed by atoms with van der Waals surface area (Å²) in [4.78, 5) is 54.4. The first-order valence-corrected chi connectivity index (χ1v) is 30.4. The van der Waals surface area contributed by atoms with Gasteiger partial charge in [0.25, 0.3) is 23.4 Å². The molecule has 1 aliphatic carbocycles. The molecule has 81 heavy (non-hydrogen) atoms. The maximum atomic E-state index is 12.9. The molecule has 0 unspecified atom stereocenters. The van der Waals surface area contributed by atoms with Crippen LogP contribution in [0.2, 0.25) is 5.02 Å². The quantitative estimate of drug-likeness (QED) is 0.0312. The van der Waals surface area contributed by atoms with Gasteiger partial charge in [-0.25, -0.2) is 5.48 Å². The second-order valence-corrected chi connectivity index (χ2v) is 24.4. The molecule has 0 aromatic heterocycles. The van der Waals surface area contributed by atoms with Crippen molar-refractivity contribution in [2.45, 2.75) is 79.0 Å². The molecule has 0 heterocycles. The molecule has 8 aromatic carbocycles. The minimum atomic E-state index is -0.475. The molecule has 0 radical (unpaired) electrons. The standard InChI is InChI=1S/C22H20ClIN2O.C21H18BrIN2O2.C20H22IN3O3/c1-14-4-3-5-16(10-14)13-25-22(27)19-12-17(23)6-8-21(19)26-20-9-7-18(24)11-15(20)2;1-14-11-17(23)8-10-19(14)24-20-9-7-16(22)12-18(20)21(26)25-27-13-15-5-3-2-4-6-15;1-13-11-14(21)7-9-18(13)23-19-10-8-16(24(26)27)12-17(19)20(25)22-15-5-3-2-4-6-15/h3-12,26H,13H2,1-2H3,(H,25,27);2-12,24H,13H2,1H3,(H,25,26);7-12,15,23H,2-6H2,1H3,(H,22,25). The van der Waals surface area contributed by atoms with E-state index in [9.17, 15) is 24.5 Å². The highest BCUT2D eigenvalue weighted by Crippen LogP contribution is 2.31. The number of hydrogen-bond donors (Lipinski definition) is 6. The normalized spacial score (nSPS) is 11.9. The molecule has 18 heteroatoms. The Balaban J connectivity index is 0.000000175. The van der Waals surface area contributed by atoms with Crippen LogP contribution >= 0.6 is 95.3 Å². The van der Waals surface area contributed by atoms with Crippen LogP contribution in [-0.4, -0.2) is 28.7 Å². The fourth-order valence-corrected chi connectivity index (χ4v) is 11.2. The van der Waals surface area contributed by atoms with Crippen molar-refractivity contribution in [3.63, 3.8) is 0 Å². The second-order valence-electron chi connectivity index (χ2n) is 19.3. The topological polar surface area (TPSA) is 176 Å². The van der Waals surface area contributed by atoms with Crippen LogP contribution in [0.5, 0.6) is 0 Å². The Hall–Kier alpha value is -6.11. The average molecular weight is 1510 g/mol. The number of halogens is 5. The predicted molar refractivity (Wildman–Crippen MR) is 356 cm³/mol. The number of carbonyl (C=O) groups is 3. The molecule has 0 bridgehead atoms. The Morgan fingerprint density at radius 1 is 0.568 bits per heavy atom. The highest BCUT2D eigenvalue weighted by molar-refractivity contribution is 14.1. The van der Waals surface area contributed by atoms with E-state index in [-0.39, 0.29) is 29.5 Å². The van der Waals surface area contributed by atoms with Crippen LogP contribution in [-0.2, 0) is 18.0 Å². The second kappa shape index (κ2) is 30.8. The number of hydroxylamine groups is 1. The van der Waals surface area contributed by atoms with Gasteiger partial charge in [-0.05, 0) is 233 Å². The number of aryl methyl sites for hydroxylation is 4. The van der Waals surface area contributed by atoms with Gasteiger partial charge in [-0.3, -0.25) is 29.3 Å². The Morgan fingerprint density at radius 3 is 1.62 bits per heavy atom. The molecule has 6 N–H and O–H groups in total. The van der Waals surface area contributed by atoms with Crippen LogP contribution in [0.3, 0.4) is 0 Å². The number of nitro groups is 1. The summed E-state index contributed by atoms with van der Waals surface area (Å²) in [6.45, 7) is 8.86. The van der Waals surface area contributed by atoms with Gasteiger partial charge >= 0.3 is 0 Å².